The minimum Gasteiger partial charge on any atom is -0.372 e. The average Bonchev–Trinajstić information content (AvgIpc) is 2.55. The lowest BCUT2D eigenvalue weighted by atomic mass is 10.0. The van der Waals surface area contributed by atoms with E-state index in [1.807, 2.05) is 0 Å². The molecule has 0 atom stereocenters. The summed E-state index contributed by atoms with van der Waals surface area (Å²) in [6, 6.07) is 8.97. The van der Waals surface area contributed by atoms with E-state index in [0.29, 0.717) is 0 Å². The summed E-state index contributed by atoms with van der Waals surface area (Å²) in [5.74, 6) is 0. The molecule has 0 bridgehead atoms. The molecular formula is C21H38ClN. The van der Waals surface area contributed by atoms with Gasteiger partial charge in [-0.3, -0.25) is 0 Å². The van der Waals surface area contributed by atoms with Crippen molar-refractivity contribution in [2.24, 2.45) is 0 Å². The third kappa shape index (κ3) is 9.25. The molecule has 0 radical (unpaired) electrons. The highest BCUT2D eigenvalue weighted by molar-refractivity contribution is 5.85. The van der Waals surface area contributed by atoms with Crippen LogP contribution in [0.3, 0.4) is 0 Å². The van der Waals surface area contributed by atoms with Crippen LogP contribution in [0.15, 0.2) is 24.3 Å². The van der Waals surface area contributed by atoms with Gasteiger partial charge in [-0.25, -0.2) is 0 Å². The Labute approximate surface area is 151 Å². The van der Waals surface area contributed by atoms with E-state index in [-0.39, 0.29) is 12.4 Å². The summed E-state index contributed by atoms with van der Waals surface area (Å²) >= 11 is 0. The number of anilines is 1. The van der Waals surface area contributed by atoms with Crippen molar-refractivity contribution in [1.29, 1.82) is 0 Å². The maximum absolute atomic E-state index is 2.48. The Morgan fingerprint density at radius 2 is 1.22 bits per heavy atom. The molecule has 1 rings (SSSR count). The van der Waals surface area contributed by atoms with Crippen LogP contribution in [0.5, 0.6) is 0 Å². The number of para-hydroxylation sites is 1. The molecule has 0 N–H and O–H groups in total. The zero-order chi connectivity index (χ0) is 16.0. The molecule has 0 aromatic heterocycles. The molecule has 0 aliphatic carbocycles. The minimum absolute atomic E-state index is 0. The Hall–Kier alpha value is -0.690. The van der Waals surface area contributed by atoms with Crippen LogP contribution in [0, 0.1) is 0 Å². The zero-order valence-electron chi connectivity index (χ0n) is 15.7. The molecule has 0 fully saturated rings. The second kappa shape index (κ2) is 14.9. The molecule has 1 aromatic carbocycles. The summed E-state index contributed by atoms with van der Waals surface area (Å²) < 4.78 is 0. The molecule has 0 saturated heterocycles. The first kappa shape index (κ1) is 22.3. The van der Waals surface area contributed by atoms with Gasteiger partial charge in [0.15, 0.2) is 0 Å². The van der Waals surface area contributed by atoms with E-state index < -0.39 is 0 Å². The van der Waals surface area contributed by atoms with Crippen molar-refractivity contribution in [3.63, 3.8) is 0 Å². The summed E-state index contributed by atoms with van der Waals surface area (Å²) in [5, 5.41) is 0. The average molecular weight is 340 g/mol. The van der Waals surface area contributed by atoms with Crippen LogP contribution in [0.1, 0.15) is 84.1 Å². The highest BCUT2D eigenvalue weighted by Crippen LogP contribution is 2.22. The zero-order valence-corrected chi connectivity index (χ0v) is 16.5. The number of nitrogens with zero attached hydrogens (tertiary/aromatic N) is 1. The molecule has 0 amide bonds. The fourth-order valence-corrected chi connectivity index (χ4v) is 3.22. The van der Waals surface area contributed by atoms with Crippen LogP contribution >= 0.6 is 12.4 Å². The van der Waals surface area contributed by atoms with E-state index in [9.17, 15) is 0 Å². The summed E-state index contributed by atoms with van der Waals surface area (Å²) in [6.07, 6.45) is 13.9. The van der Waals surface area contributed by atoms with Gasteiger partial charge in [0.1, 0.15) is 0 Å². The molecule has 0 heterocycles. The number of hydrogen-bond donors (Lipinski definition) is 0. The summed E-state index contributed by atoms with van der Waals surface area (Å²) in [7, 11) is 0. The number of benzene rings is 1. The number of halogens is 1. The van der Waals surface area contributed by atoms with Crippen molar-refractivity contribution in [2.75, 3.05) is 18.0 Å². The standard InChI is InChI=1S/C21H37N.ClH/c1-4-7-8-9-10-11-12-13-14-17-20-18-15-16-19-21(20)22(5-2)6-3;/h15-16,18-19H,4-14,17H2,1-3H3;1H. The van der Waals surface area contributed by atoms with Crippen LogP contribution in [0.4, 0.5) is 5.69 Å². The molecule has 0 spiro atoms. The van der Waals surface area contributed by atoms with E-state index in [2.05, 4.69) is 49.9 Å². The van der Waals surface area contributed by atoms with Crippen molar-refractivity contribution in [3.8, 4) is 0 Å². The molecule has 134 valence electrons. The Bertz CT molecular complexity index is 374. The Balaban J connectivity index is 0.00000484. The molecule has 0 unspecified atom stereocenters. The van der Waals surface area contributed by atoms with Gasteiger partial charge < -0.3 is 4.90 Å². The topological polar surface area (TPSA) is 3.24 Å². The van der Waals surface area contributed by atoms with Crippen LogP contribution in [-0.2, 0) is 6.42 Å². The number of rotatable bonds is 13. The lowest BCUT2D eigenvalue weighted by Crippen LogP contribution is -2.23. The first-order valence-corrected chi connectivity index (χ1v) is 9.66. The van der Waals surface area contributed by atoms with Crippen molar-refractivity contribution in [1.82, 2.24) is 0 Å². The summed E-state index contributed by atoms with van der Waals surface area (Å²) in [4.78, 5) is 2.48. The van der Waals surface area contributed by atoms with E-state index in [0.717, 1.165) is 13.1 Å². The van der Waals surface area contributed by atoms with Gasteiger partial charge in [0.2, 0.25) is 0 Å². The first-order chi connectivity index (χ1) is 10.8. The maximum Gasteiger partial charge on any atom is 0.0398 e. The van der Waals surface area contributed by atoms with Gasteiger partial charge in [-0.2, -0.15) is 0 Å². The summed E-state index contributed by atoms with van der Waals surface area (Å²) in [5.41, 5.74) is 2.99. The lowest BCUT2D eigenvalue weighted by Gasteiger charge is -2.24. The predicted molar refractivity (Wildman–Crippen MR) is 108 cm³/mol. The highest BCUT2D eigenvalue weighted by atomic mass is 35.5. The maximum atomic E-state index is 2.48. The normalized spacial score (nSPS) is 10.4. The quantitative estimate of drug-likeness (QED) is 0.349. The molecule has 0 aliphatic heterocycles. The van der Waals surface area contributed by atoms with Crippen molar-refractivity contribution < 1.29 is 0 Å². The van der Waals surface area contributed by atoms with Crippen molar-refractivity contribution in [3.05, 3.63) is 29.8 Å². The summed E-state index contributed by atoms with van der Waals surface area (Å²) in [6.45, 7) is 8.99. The van der Waals surface area contributed by atoms with Gasteiger partial charge in [0.05, 0.1) is 0 Å². The smallest absolute Gasteiger partial charge is 0.0398 e. The second-order valence-electron chi connectivity index (χ2n) is 6.38. The monoisotopic (exact) mass is 339 g/mol. The Morgan fingerprint density at radius 1 is 0.696 bits per heavy atom. The van der Waals surface area contributed by atoms with Crippen LogP contribution < -0.4 is 4.90 Å². The Morgan fingerprint density at radius 3 is 1.78 bits per heavy atom. The van der Waals surface area contributed by atoms with E-state index >= 15 is 0 Å². The first-order valence-electron chi connectivity index (χ1n) is 9.66. The molecule has 1 nitrogen and oxygen atoms in total. The SMILES string of the molecule is CCCCCCCCCCCc1ccccc1N(CC)CC.Cl. The molecule has 0 saturated carbocycles. The third-order valence-electron chi connectivity index (χ3n) is 4.65. The largest absolute Gasteiger partial charge is 0.372 e. The van der Waals surface area contributed by atoms with Gasteiger partial charge in [-0.15, -0.1) is 12.4 Å². The number of unbranched alkanes of at least 4 members (excludes halogenated alkanes) is 8. The van der Waals surface area contributed by atoms with Gasteiger partial charge >= 0.3 is 0 Å². The minimum atomic E-state index is 0. The highest BCUT2D eigenvalue weighted by Gasteiger charge is 2.07. The van der Waals surface area contributed by atoms with E-state index in [1.54, 1.807) is 0 Å². The van der Waals surface area contributed by atoms with Crippen LogP contribution in [0.2, 0.25) is 0 Å². The predicted octanol–water partition coefficient (Wildman–Crippen LogP) is 7.03. The van der Waals surface area contributed by atoms with Crippen molar-refractivity contribution in [2.45, 2.75) is 85.0 Å². The van der Waals surface area contributed by atoms with Crippen LogP contribution in [-0.4, -0.2) is 13.1 Å². The van der Waals surface area contributed by atoms with Gasteiger partial charge in [0, 0.05) is 18.8 Å². The molecule has 1 aromatic rings. The lowest BCUT2D eigenvalue weighted by molar-refractivity contribution is 0.565. The molecule has 2 heteroatoms. The van der Waals surface area contributed by atoms with E-state index in [4.69, 9.17) is 0 Å². The van der Waals surface area contributed by atoms with Crippen LogP contribution in [0.25, 0.3) is 0 Å². The number of hydrogen-bond acceptors (Lipinski definition) is 1. The fourth-order valence-electron chi connectivity index (χ4n) is 3.22. The second-order valence-corrected chi connectivity index (χ2v) is 6.38. The molecule has 23 heavy (non-hydrogen) atoms. The van der Waals surface area contributed by atoms with Crippen molar-refractivity contribution >= 4 is 18.1 Å². The van der Waals surface area contributed by atoms with E-state index in [1.165, 1.54) is 75.5 Å². The fraction of sp³-hybridized carbons (Fsp3) is 0.714. The number of aryl methyl sites for hydroxylation is 1. The van der Waals surface area contributed by atoms with Gasteiger partial charge in [0.25, 0.3) is 0 Å². The molecular weight excluding hydrogens is 302 g/mol. The van der Waals surface area contributed by atoms with Gasteiger partial charge in [-0.1, -0.05) is 76.5 Å². The molecule has 0 aliphatic rings. The Kier molecular flexibility index (Phi) is 14.4. The van der Waals surface area contributed by atoms with Gasteiger partial charge in [-0.05, 0) is 38.3 Å². The third-order valence-corrected chi connectivity index (χ3v) is 4.65.